The largest absolute Gasteiger partial charge is 0.378 e. The highest BCUT2D eigenvalue weighted by Crippen LogP contribution is 2.29. The number of alkyl halides is 1. The van der Waals surface area contributed by atoms with Gasteiger partial charge in [0.15, 0.2) is 0 Å². The van der Waals surface area contributed by atoms with E-state index in [4.69, 9.17) is 4.74 Å². The minimum Gasteiger partial charge on any atom is -0.378 e. The summed E-state index contributed by atoms with van der Waals surface area (Å²) in [6, 6.07) is 6.10. The van der Waals surface area contributed by atoms with E-state index in [1.807, 2.05) is 18.3 Å². The Bertz CT molecular complexity index is 311. The van der Waals surface area contributed by atoms with E-state index in [0.717, 1.165) is 18.7 Å². The highest BCUT2D eigenvalue weighted by Gasteiger charge is 2.24. The SMILES string of the molecule is CC(c1ccccn1)C(Br)CC1CCCO1. The normalized spacial score (nSPS) is 24.2. The maximum Gasteiger partial charge on any atom is 0.0586 e. The van der Waals surface area contributed by atoms with E-state index < -0.39 is 0 Å². The molecule has 1 aromatic rings. The minimum atomic E-state index is 0.436. The molecule has 1 fully saturated rings. The molecular weight excluding hydrogens is 266 g/mol. The highest BCUT2D eigenvalue weighted by atomic mass is 79.9. The Morgan fingerprint density at radius 1 is 1.56 bits per heavy atom. The first kappa shape index (κ1) is 12.1. The Morgan fingerprint density at radius 2 is 2.44 bits per heavy atom. The monoisotopic (exact) mass is 283 g/mol. The van der Waals surface area contributed by atoms with E-state index in [-0.39, 0.29) is 0 Å². The summed E-state index contributed by atoms with van der Waals surface area (Å²) < 4.78 is 5.66. The first-order chi connectivity index (χ1) is 7.77. The van der Waals surface area contributed by atoms with Gasteiger partial charge in [0.2, 0.25) is 0 Å². The number of ether oxygens (including phenoxy) is 1. The van der Waals surface area contributed by atoms with Crippen LogP contribution in [0.5, 0.6) is 0 Å². The number of rotatable bonds is 4. The lowest BCUT2D eigenvalue weighted by atomic mass is 9.98. The summed E-state index contributed by atoms with van der Waals surface area (Å²) >= 11 is 3.77. The van der Waals surface area contributed by atoms with Crippen LogP contribution in [-0.2, 0) is 4.74 Å². The summed E-state index contributed by atoms with van der Waals surface area (Å²) in [4.78, 5) is 4.85. The first-order valence-corrected chi connectivity index (χ1v) is 6.85. The maximum atomic E-state index is 5.66. The van der Waals surface area contributed by atoms with Gasteiger partial charge < -0.3 is 4.74 Å². The van der Waals surface area contributed by atoms with Crippen LogP contribution in [-0.4, -0.2) is 22.5 Å². The van der Waals surface area contributed by atoms with Crippen molar-refractivity contribution >= 4 is 15.9 Å². The lowest BCUT2D eigenvalue weighted by Gasteiger charge is -2.20. The van der Waals surface area contributed by atoms with Crippen molar-refractivity contribution in [3.8, 4) is 0 Å². The molecule has 1 aliphatic rings. The second-order valence-electron chi connectivity index (χ2n) is 4.43. The van der Waals surface area contributed by atoms with Gasteiger partial charge in [-0.2, -0.15) is 0 Å². The number of hydrogen-bond acceptors (Lipinski definition) is 2. The molecule has 3 atom stereocenters. The molecule has 0 aliphatic carbocycles. The number of hydrogen-bond donors (Lipinski definition) is 0. The van der Waals surface area contributed by atoms with E-state index in [1.165, 1.54) is 12.8 Å². The summed E-state index contributed by atoms with van der Waals surface area (Å²) in [5.41, 5.74) is 1.15. The summed E-state index contributed by atoms with van der Waals surface area (Å²) in [6.45, 7) is 3.15. The molecule has 2 heterocycles. The Labute approximate surface area is 106 Å². The van der Waals surface area contributed by atoms with Gasteiger partial charge in [-0.1, -0.05) is 28.9 Å². The smallest absolute Gasteiger partial charge is 0.0586 e. The van der Waals surface area contributed by atoms with E-state index in [2.05, 4.69) is 33.9 Å². The number of nitrogens with zero attached hydrogens (tertiary/aromatic N) is 1. The molecule has 0 spiro atoms. The number of aromatic nitrogens is 1. The topological polar surface area (TPSA) is 22.1 Å². The fourth-order valence-electron chi connectivity index (χ4n) is 2.12. The fraction of sp³-hybridized carbons (Fsp3) is 0.615. The highest BCUT2D eigenvalue weighted by molar-refractivity contribution is 9.09. The van der Waals surface area contributed by atoms with Gasteiger partial charge in [0.05, 0.1) is 6.10 Å². The zero-order valence-electron chi connectivity index (χ0n) is 9.60. The molecule has 0 saturated carbocycles. The van der Waals surface area contributed by atoms with Crippen molar-refractivity contribution in [3.63, 3.8) is 0 Å². The molecule has 0 N–H and O–H groups in total. The van der Waals surface area contributed by atoms with Gasteiger partial charge in [-0.05, 0) is 31.4 Å². The van der Waals surface area contributed by atoms with Gasteiger partial charge in [0.25, 0.3) is 0 Å². The van der Waals surface area contributed by atoms with Crippen LogP contribution in [0.1, 0.15) is 37.8 Å². The van der Waals surface area contributed by atoms with Gasteiger partial charge in [0.1, 0.15) is 0 Å². The van der Waals surface area contributed by atoms with Crippen LogP contribution in [0, 0.1) is 0 Å². The van der Waals surface area contributed by atoms with Crippen LogP contribution >= 0.6 is 15.9 Å². The van der Waals surface area contributed by atoms with Crippen molar-refractivity contribution < 1.29 is 4.74 Å². The molecule has 0 aromatic carbocycles. The van der Waals surface area contributed by atoms with Crippen molar-refractivity contribution in [1.29, 1.82) is 0 Å². The number of pyridine rings is 1. The fourth-order valence-corrected chi connectivity index (χ4v) is 2.80. The standard InChI is InChI=1S/C13H18BrNO/c1-10(13-6-2-3-7-15-13)12(14)9-11-5-4-8-16-11/h2-3,6-7,10-12H,4-5,8-9H2,1H3. The molecule has 2 nitrogen and oxygen atoms in total. The van der Waals surface area contributed by atoms with Crippen molar-refractivity contribution in [1.82, 2.24) is 4.98 Å². The second kappa shape index (κ2) is 5.78. The van der Waals surface area contributed by atoms with Crippen molar-refractivity contribution in [2.75, 3.05) is 6.61 Å². The van der Waals surface area contributed by atoms with Crippen LogP contribution in [0.4, 0.5) is 0 Å². The van der Waals surface area contributed by atoms with Gasteiger partial charge in [0, 0.05) is 29.2 Å². The summed E-state index contributed by atoms with van der Waals surface area (Å²) in [7, 11) is 0. The molecule has 1 saturated heterocycles. The van der Waals surface area contributed by atoms with E-state index in [9.17, 15) is 0 Å². The average Bonchev–Trinajstić information content (AvgIpc) is 2.82. The van der Waals surface area contributed by atoms with Crippen molar-refractivity contribution in [3.05, 3.63) is 30.1 Å². The minimum absolute atomic E-state index is 0.436. The van der Waals surface area contributed by atoms with E-state index >= 15 is 0 Å². The van der Waals surface area contributed by atoms with Crippen LogP contribution in [0.2, 0.25) is 0 Å². The summed E-state index contributed by atoms with van der Waals surface area (Å²) in [6.07, 6.45) is 5.80. The Morgan fingerprint density at radius 3 is 3.06 bits per heavy atom. The predicted octanol–water partition coefficient (Wildman–Crippen LogP) is 3.52. The molecule has 3 unspecified atom stereocenters. The van der Waals surface area contributed by atoms with Crippen molar-refractivity contribution in [2.45, 2.75) is 43.0 Å². The lowest BCUT2D eigenvalue weighted by Crippen LogP contribution is -2.18. The Kier molecular flexibility index (Phi) is 4.36. The average molecular weight is 284 g/mol. The zero-order chi connectivity index (χ0) is 11.4. The first-order valence-electron chi connectivity index (χ1n) is 5.94. The maximum absolute atomic E-state index is 5.66. The molecule has 0 bridgehead atoms. The molecule has 0 radical (unpaired) electrons. The third-order valence-corrected chi connectivity index (χ3v) is 4.38. The summed E-state index contributed by atoms with van der Waals surface area (Å²) in [5.74, 6) is 0.436. The van der Waals surface area contributed by atoms with Crippen LogP contribution in [0.25, 0.3) is 0 Å². The van der Waals surface area contributed by atoms with Crippen LogP contribution < -0.4 is 0 Å². The second-order valence-corrected chi connectivity index (χ2v) is 5.61. The van der Waals surface area contributed by atoms with Gasteiger partial charge >= 0.3 is 0 Å². The molecule has 0 amide bonds. The third kappa shape index (κ3) is 3.05. The Hall–Kier alpha value is -0.410. The van der Waals surface area contributed by atoms with E-state index in [0.29, 0.717) is 16.8 Å². The van der Waals surface area contributed by atoms with E-state index in [1.54, 1.807) is 0 Å². The number of halogens is 1. The van der Waals surface area contributed by atoms with Crippen LogP contribution in [0.3, 0.4) is 0 Å². The zero-order valence-corrected chi connectivity index (χ0v) is 11.2. The molecular formula is C13H18BrNO. The molecule has 16 heavy (non-hydrogen) atoms. The van der Waals surface area contributed by atoms with Gasteiger partial charge in [-0.15, -0.1) is 0 Å². The predicted molar refractivity (Wildman–Crippen MR) is 69.0 cm³/mol. The Balaban J connectivity index is 1.91. The molecule has 1 aromatic heterocycles. The molecule has 2 rings (SSSR count). The van der Waals surface area contributed by atoms with Crippen molar-refractivity contribution in [2.24, 2.45) is 0 Å². The summed E-state index contributed by atoms with van der Waals surface area (Å²) in [5, 5.41) is 0. The van der Waals surface area contributed by atoms with Gasteiger partial charge in [-0.3, -0.25) is 4.98 Å². The quantitative estimate of drug-likeness (QED) is 0.789. The van der Waals surface area contributed by atoms with Gasteiger partial charge in [-0.25, -0.2) is 0 Å². The lowest BCUT2D eigenvalue weighted by molar-refractivity contribution is 0.103. The van der Waals surface area contributed by atoms with Crippen LogP contribution in [0.15, 0.2) is 24.4 Å². The molecule has 88 valence electrons. The molecule has 1 aliphatic heterocycles. The third-order valence-electron chi connectivity index (χ3n) is 3.21. The molecule has 3 heteroatoms.